The summed E-state index contributed by atoms with van der Waals surface area (Å²) in [5.41, 5.74) is 5.37. The lowest BCUT2D eigenvalue weighted by Gasteiger charge is -2.31. The lowest BCUT2D eigenvalue weighted by molar-refractivity contribution is -0.124. The summed E-state index contributed by atoms with van der Waals surface area (Å²) in [6.07, 6.45) is 1.99. The van der Waals surface area contributed by atoms with Crippen molar-refractivity contribution >= 4 is 5.91 Å². The fourth-order valence-corrected chi connectivity index (χ4v) is 1.82. The van der Waals surface area contributed by atoms with Crippen molar-refractivity contribution in [2.75, 3.05) is 6.61 Å². The summed E-state index contributed by atoms with van der Waals surface area (Å²) in [6, 6.07) is -0.872. The van der Waals surface area contributed by atoms with E-state index in [4.69, 9.17) is 10.8 Å². The Morgan fingerprint density at radius 3 is 2.80 bits per heavy atom. The number of nitrogens with one attached hydrogen (secondary N) is 1. The highest BCUT2D eigenvalue weighted by molar-refractivity contribution is 5.81. The normalized spacial score (nSPS) is 33.5. The maximum absolute atomic E-state index is 11.4. The van der Waals surface area contributed by atoms with Gasteiger partial charge < -0.3 is 21.3 Å². The van der Waals surface area contributed by atoms with Gasteiger partial charge >= 0.3 is 0 Å². The summed E-state index contributed by atoms with van der Waals surface area (Å²) in [5, 5.41) is 21.1. The second kappa shape index (κ2) is 5.44. The SMILES string of the molecule is CC1CCC(NC(=O)C(N)CO)CC1O. The highest BCUT2D eigenvalue weighted by atomic mass is 16.3. The van der Waals surface area contributed by atoms with E-state index in [0.717, 1.165) is 12.8 Å². The minimum Gasteiger partial charge on any atom is -0.394 e. The van der Waals surface area contributed by atoms with Gasteiger partial charge in [0.05, 0.1) is 12.7 Å². The number of hydrogen-bond donors (Lipinski definition) is 4. The Hall–Kier alpha value is -0.650. The van der Waals surface area contributed by atoms with Crippen molar-refractivity contribution in [2.24, 2.45) is 11.7 Å². The van der Waals surface area contributed by atoms with Crippen LogP contribution < -0.4 is 11.1 Å². The minimum absolute atomic E-state index is 0.0127. The molecule has 1 fully saturated rings. The highest BCUT2D eigenvalue weighted by Gasteiger charge is 2.27. The average molecular weight is 216 g/mol. The van der Waals surface area contributed by atoms with Crippen LogP contribution in [0.3, 0.4) is 0 Å². The summed E-state index contributed by atoms with van der Waals surface area (Å²) in [4.78, 5) is 11.4. The summed E-state index contributed by atoms with van der Waals surface area (Å²) >= 11 is 0. The van der Waals surface area contributed by atoms with Gasteiger partial charge in [0.1, 0.15) is 6.04 Å². The second-order valence-corrected chi connectivity index (χ2v) is 4.35. The zero-order valence-corrected chi connectivity index (χ0v) is 9.02. The standard InChI is InChI=1S/C10H20N2O3/c1-6-2-3-7(4-9(6)14)12-10(15)8(11)5-13/h6-9,13-14H,2-5,11H2,1H3,(H,12,15). The largest absolute Gasteiger partial charge is 0.394 e. The smallest absolute Gasteiger partial charge is 0.239 e. The number of carbonyl (C=O) groups is 1. The van der Waals surface area contributed by atoms with Crippen LogP contribution in [-0.2, 0) is 4.79 Å². The molecule has 0 heterocycles. The van der Waals surface area contributed by atoms with Crippen molar-refractivity contribution in [3.63, 3.8) is 0 Å². The maximum atomic E-state index is 11.4. The molecule has 4 atom stereocenters. The molecule has 0 radical (unpaired) electrons. The maximum Gasteiger partial charge on any atom is 0.239 e. The Bertz CT molecular complexity index is 223. The Morgan fingerprint density at radius 1 is 1.60 bits per heavy atom. The molecule has 1 amide bonds. The molecule has 0 saturated heterocycles. The summed E-state index contributed by atoms with van der Waals surface area (Å²) in [7, 11) is 0. The minimum atomic E-state index is -0.860. The predicted molar refractivity (Wildman–Crippen MR) is 56.0 cm³/mol. The zero-order valence-electron chi connectivity index (χ0n) is 9.02. The molecular weight excluding hydrogens is 196 g/mol. The van der Waals surface area contributed by atoms with Crippen LogP contribution in [0.5, 0.6) is 0 Å². The van der Waals surface area contributed by atoms with Crippen molar-refractivity contribution in [2.45, 2.75) is 44.4 Å². The molecule has 0 aliphatic heterocycles. The number of carbonyl (C=O) groups excluding carboxylic acids is 1. The first kappa shape index (κ1) is 12.4. The van der Waals surface area contributed by atoms with Gasteiger partial charge in [-0.1, -0.05) is 6.92 Å². The highest BCUT2D eigenvalue weighted by Crippen LogP contribution is 2.24. The van der Waals surface area contributed by atoms with E-state index in [0.29, 0.717) is 12.3 Å². The van der Waals surface area contributed by atoms with Crippen LogP contribution in [0.2, 0.25) is 0 Å². The van der Waals surface area contributed by atoms with E-state index < -0.39 is 6.04 Å². The van der Waals surface area contributed by atoms with Crippen molar-refractivity contribution in [1.82, 2.24) is 5.32 Å². The quantitative estimate of drug-likeness (QED) is 0.485. The van der Waals surface area contributed by atoms with Crippen LogP contribution in [0.25, 0.3) is 0 Å². The van der Waals surface area contributed by atoms with E-state index >= 15 is 0 Å². The lowest BCUT2D eigenvalue weighted by atomic mass is 9.85. The molecule has 4 unspecified atom stereocenters. The van der Waals surface area contributed by atoms with E-state index in [2.05, 4.69) is 5.32 Å². The lowest BCUT2D eigenvalue weighted by Crippen LogP contribution is -2.49. The van der Waals surface area contributed by atoms with Crippen LogP contribution in [0.1, 0.15) is 26.2 Å². The summed E-state index contributed by atoms with van der Waals surface area (Å²) in [5.74, 6) is -0.0473. The average Bonchev–Trinajstić information content (AvgIpc) is 2.22. The fraction of sp³-hybridized carbons (Fsp3) is 0.900. The number of amides is 1. The van der Waals surface area contributed by atoms with Crippen molar-refractivity contribution in [3.05, 3.63) is 0 Å². The molecule has 1 aliphatic rings. The van der Waals surface area contributed by atoms with Crippen molar-refractivity contribution < 1.29 is 15.0 Å². The van der Waals surface area contributed by atoms with Gasteiger partial charge in [-0.15, -0.1) is 0 Å². The molecule has 1 aliphatic carbocycles. The molecule has 0 bridgehead atoms. The second-order valence-electron chi connectivity index (χ2n) is 4.35. The summed E-state index contributed by atoms with van der Waals surface area (Å²) < 4.78 is 0. The van der Waals surface area contributed by atoms with Gasteiger partial charge in [-0.25, -0.2) is 0 Å². The fourth-order valence-electron chi connectivity index (χ4n) is 1.82. The molecule has 88 valence electrons. The Kier molecular flexibility index (Phi) is 4.50. The first-order chi connectivity index (χ1) is 7.04. The van der Waals surface area contributed by atoms with Crippen LogP contribution in [0, 0.1) is 5.92 Å². The zero-order chi connectivity index (χ0) is 11.4. The topological polar surface area (TPSA) is 95.6 Å². The molecule has 5 heteroatoms. The molecule has 0 spiro atoms. The molecule has 1 saturated carbocycles. The van der Waals surface area contributed by atoms with Crippen LogP contribution in [0.15, 0.2) is 0 Å². The van der Waals surface area contributed by atoms with E-state index in [1.165, 1.54) is 0 Å². The van der Waals surface area contributed by atoms with E-state index in [9.17, 15) is 9.90 Å². The molecule has 0 aromatic carbocycles. The number of hydrogen-bond acceptors (Lipinski definition) is 4. The Balaban J connectivity index is 2.36. The predicted octanol–water partition coefficient (Wildman–Crippen LogP) is -1.03. The van der Waals surface area contributed by atoms with Gasteiger partial charge in [-0.3, -0.25) is 4.79 Å². The third-order valence-corrected chi connectivity index (χ3v) is 3.03. The van der Waals surface area contributed by atoms with Crippen LogP contribution >= 0.6 is 0 Å². The molecule has 1 rings (SSSR count). The van der Waals surface area contributed by atoms with E-state index in [1.807, 2.05) is 6.92 Å². The van der Waals surface area contributed by atoms with Gasteiger partial charge in [-0.05, 0) is 25.2 Å². The molecule has 5 N–H and O–H groups in total. The molecule has 15 heavy (non-hydrogen) atoms. The number of aliphatic hydroxyl groups is 2. The van der Waals surface area contributed by atoms with Crippen molar-refractivity contribution in [3.8, 4) is 0 Å². The van der Waals surface area contributed by atoms with E-state index in [-0.39, 0.29) is 24.7 Å². The molecular formula is C10H20N2O3. The number of nitrogens with two attached hydrogens (primary N) is 1. The third kappa shape index (κ3) is 3.44. The van der Waals surface area contributed by atoms with Gasteiger partial charge in [-0.2, -0.15) is 0 Å². The number of rotatable bonds is 3. The van der Waals surface area contributed by atoms with Gasteiger partial charge in [0.25, 0.3) is 0 Å². The summed E-state index contributed by atoms with van der Waals surface area (Å²) in [6.45, 7) is 1.65. The number of aliphatic hydroxyl groups excluding tert-OH is 2. The Labute approximate surface area is 89.7 Å². The first-order valence-corrected chi connectivity index (χ1v) is 5.39. The molecule has 5 nitrogen and oxygen atoms in total. The van der Waals surface area contributed by atoms with Gasteiger partial charge in [0.15, 0.2) is 0 Å². The van der Waals surface area contributed by atoms with E-state index in [1.54, 1.807) is 0 Å². The van der Waals surface area contributed by atoms with Crippen molar-refractivity contribution in [1.29, 1.82) is 0 Å². The van der Waals surface area contributed by atoms with Gasteiger partial charge in [0, 0.05) is 6.04 Å². The molecule has 0 aromatic heterocycles. The molecule has 0 aromatic rings. The third-order valence-electron chi connectivity index (χ3n) is 3.03. The van der Waals surface area contributed by atoms with Crippen LogP contribution in [-0.4, -0.2) is 40.9 Å². The Morgan fingerprint density at radius 2 is 2.27 bits per heavy atom. The van der Waals surface area contributed by atoms with Gasteiger partial charge in [0.2, 0.25) is 5.91 Å². The first-order valence-electron chi connectivity index (χ1n) is 5.39. The van der Waals surface area contributed by atoms with Crippen LogP contribution in [0.4, 0.5) is 0 Å². The monoisotopic (exact) mass is 216 g/mol.